The summed E-state index contributed by atoms with van der Waals surface area (Å²) in [5.74, 6) is -0.0338. The number of likely N-dealkylation sites (N-methyl/N-ethyl adjacent to an activating group) is 1. The molecule has 2 N–H and O–H groups in total. The van der Waals surface area contributed by atoms with Crippen LogP contribution in [0.4, 0.5) is 0 Å². The van der Waals surface area contributed by atoms with E-state index in [1.54, 1.807) is 11.7 Å². The zero-order chi connectivity index (χ0) is 12.3. The average Bonchev–Trinajstić information content (AvgIpc) is 2.75. The lowest BCUT2D eigenvalue weighted by atomic mass is 10.1. The third kappa shape index (κ3) is 2.56. The molecule has 17 heavy (non-hydrogen) atoms. The summed E-state index contributed by atoms with van der Waals surface area (Å²) in [4.78, 5) is 11.3. The van der Waals surface area contributed by atoms with Crippen molar-refractivity contribution in [2.45, 2.75) is 6.42 Å². The third-order valence-electron chi connectivity index (χ3n) is 2.28. The fraction of sp³-hybridized carbons (Fsp3) is 0.200. The minimum absolute atomic E-state index is 0.0338. The second kappa shape index (κ2) is 4.88. The summed E-state index contributed by atoms with van der Waals surface area (Å²) >= 11 is 5.00. The molecule has 0 spiro atoms. The Balaban J connectivity index is 2.32. The lowest BCUT2D eigenvalue weighted by molar-refractivity contribution is -0.119. The maximum atomic E-state index is 11.3. The number of aromatic nitrogens is 4. The molecule has 1 aromatic carbocycles. The van der Waals surface area contributed by atoms with Crippen molar-refractivity contribution in [2.75, 3.05) is 7.05 Å². The number of aromatic amines is 1. The highest BCUT2D eigenvalue weighted by molar-refractivity contribution is 7.71. The van der Waals surface area contributed by atoms with Crippen molar-refractivity contribution in [2.24, 2.45) is 0 Å². The van der Waals surface area contributed by atoms with Crippen LogP contribution in [0.15, 0.2) is 24.3 Å². The predicted molar refractivity (Wildman–Crippen MR) is 64.3 cm³/mol. The van der Waals surface area contributed by atoms with E-state index < -0.39 is 0 Å². The van der Waals surface area contributed by atoms with Crippen LogP contribution < -0.4 is 5.32 Å². The van der Waals surface area contributed by atoms with Crippen molar-refractivity contribution < 1.29 is 4.79 Å². The van der Waals surface area contributed by atoms with Crippen molar-refractivity contribution in [1.29, 1.82) is 0 Å². The number of tetrazole rings is 1. The number of amides is 1. The molecule has 2 aromatic rings. The van der Waals surface area contributed by atoms with Gasteiger partial charge in [0.25, 0.3) is 0 Å². The van der Waals surface area contributed by atoms with Crippen LogP contribution >= 0.6 is 12.2 Å². The monoisotopic (exact) mass is 249 g/mol. The van der Waals surface area contributed by atoms with E-state index >= 15 is 0 Å². The van der Waals surface area contributed by atoms with Gasteiger partial charge in [0, 0.05) is 7.05 Å². The van der Waals surface area contributed by atoms with Gasteiger partial charge in [-0.3, -0.25) is 4.79 Å². The molecule has 7 heteroatoms. The second-order valence-corrected chi connectivity index (χ2v) is 3.80. The summed E-state index contributed by atoms with van der Waals surface area (Å²) in [5, 5.41) is 12.5. The Labute approximate surface area is 103 Å². The number of rotatable bonds is 3. The lowest BCUT2D eigenvalue weighted by Gasteiger charge is -2.04. The number of carbonyl (C=O) groups excluding carboxylic acids is 1. The molecule has 0 aliphatic rings. The van der Waals surface area contributed by atoms with Gasteiger partial charge in [-0.2, -0.15) is 5.21 Å². The van der Waals surface area contributed by atoms with E-state index in [0.717, 1.165) is 11.3 Å². The lowest BCUT2D eigenvalue weighted by Crippen LogP contribution is -2.19. The van der Waals surface area contributed by atoms with Crippen molar-refractivity contribution in [1.82, 2.24) is 25.5 Å². The van der Waals surface area contributed by atoms with Crippen molar-refractivity contribution in [3.63, 3.8) is 0 Å². The van der Waals surface area contributed by atoms with Crippen LogP contribution in [-0.2, 0) is 11.2 Å². The Morgan fingerprint density at radius 2 is 2.41 bits per heavy atom. The fourth-order valence-electron chi connectivity index (χ4n) is 1.44. The van der Waals surface area contributed by atoms with Gasteiger partial charge in [0.1, 0.15) is 0 Å². The van der Waals surface area contributed by atoms with Gasteiger partial charge in [0.2, 0.25) is 10.7 Å². The molecule has 1 heterocycles. The normalized spacial score (nSPS) is 10.2. The first kappa shape index (κ1) is 11.5. The van der Waals surface area contributed by atoms with Crippen molar-refractivity contribution in [3.8, 4) is 5.69 Å². The molecule has 0 saturated carbocycles. The van der Waals surface area contributed by atoms with Gasteiger partial charge in [-0.1, -0.05) is 22.4 Å². The first-order valence-electron chi connectivity index (χ1n) is 5.00. The SMILES string of the molecule is CNC(=O)Cc1cccc(-n2[nH]nnc2=S)c1. The van der Waals surface area contributed by atoms with Crippen molar-refractivity contribution >= 4 is 18.1 Å². The Bertz CT molecular complexity index is 588. The molecule has 0 radical (unpaired) electrons. The molecule has 0 bridgehead atoms. The molecule has 0 aliphatic heterocycles. The summed E-state index contributed by atoms with van der Waals surface area (Å²) in [5.41, 5.74) is 1.71. The molecule has 0 fully saturated rings. The highest BCUT2D eigenvalue weighted by Gasteiger charge is 2.04. The van der Waals surface area contributed by atoms with Crippen LogP contribution in [0.3, 0.4) is 0 Å². The minimum Gasteiger partial charge on any atom is -0.359 e. The molecule has 1 aromatic heterocycles. The fourth-order valence-corrected chi connectivity index (χ4v) is 1.63. The topological polar surface area (TPSA) is 75.6 Å². The molecule has 88 valence electrons. The van der Waals surface area contributed by atoms with Gasteiger partial charge in [-0.15, -0.1) is 0 Å². The van der Waals surface area contributed by atoms with E-state index in [4.69, 9.17) is 12.2 Å². The third-order valence-corrected chi connectivity index (χ3v) is 2.55. The van der Waals surface area contributed by atoms with Crippen LogP contribution in [-0.4, -0.2) is 33.2 Å². The second-order valence-electron chi connectivity index (χ2n) is 3.44. The maximum absolute atomic E-state index is 11.3. The van der Waals surface area contributed by atoms with Crippen LogP contribution in [0.2, 0.25) is 0 Å². The highest BCUT2D eigenvalue weighted by Crippen LogP contribution is 2.09. The average molecular weight is 249 g/mol. The smallest absolute Gasteiger partial charge is 0.242 e. The number of nitrogens with one attached hydrogen (secondary N) is 2. The Kier molecular flexibility index (Phi) is 3.29. The van der Waals surface area contributed by atoms with Gasteiger partial charge in [-0.25, -0.2) is 4.68 Å². The molecule has 0 aliphatic carbocycles. The molecule has 0 saturated heterocycles. The Hall–Kier alpha value is -2.02. The first-order chi connectivity index (χ1) is 8.20. The summed E-state index contributed by atoms with van der Waals surface area (Å²) < 4.78 is 1.92. The minimum atomic E-state index is -0.0338. The van der Waals surface area contributed by atoms with Crippen LogP contribution in [0.1, 0.15) is 5.56 Å². The number of hydrogen-bond donors (Lipinski definition) is 2. The molecule has 0 atom stereocenters. The number of carbonyl (C=O) groups is 1. The molecular formula is C10H11N5OS. The van der Waals surface area contributed by atoms with E-state index in [-0.39, 0.29) is 5.91 Å². The summed E-state index contributed by atoms with van der Waals surface area (Å²) in [7, 11) is 1.61. The van der Waals surface area contributed by atoms with E-state index in [0.29, 0.717) is 11.2 Å². The van der Waals surface area contributed by atoms with Gasteiger partial charge in [-0.05, 0) is 29.9 Å². The first-order valence-corrected chi connectivity index (χ1v) is 5.41. The van der Waals surface area contributed by atoms with E-state index in [9.17, 15) is 4.79 Å². The largest absolute Gasteiger partial charge is 0.359 e. The number of benzene rings is 1. The highest BCUT2D eigenvalue weighted by atomic mass is 32.1. The molecular weight excluding hydrogens is 238 g/mol. The predicted octanol–water partition coefficient (Wildman–Crippen LogP) is 0.613. The summed E-state index contributed by atoms with van der Waals surface area (Å²) in [6.45, 7) is 0. The zero-order valence-electron chi connectivity index (χ0n) is 9.17. The van der Waals surface area contributed by atoms with Crippen molar-refractivity contribution in [3.05, 3.63) is 34.6 Å². The summed E-state index contributed by atoms with van der Waals surface area (Å²) in [6.07, 6.45) is 0.333. The number of H-pyrrole nitrogens is 1. The zero-order valence-corrected chi connectivity index (χ0v) is 9.99. The van der Waals surface area contributed by atoms with E-state index in [1.165, 1.54) is 0 Å². The molecule has 6 nitrogen and oxygen atoms in total. The van der Waals surface area contributed by atoms with Gasteiger partial charge < -0.3 is 5.32 Å². The van der Waals surface area contributed by atoms with E-state index in [2.05, 4.69) is 20.8 Å². The number of nitrogens with zero attached hydrogens (tertiary/aromatic N) is 3. The van der Waals surface area contributed by atoms with Gasteiger partial charge >= 0.3 is 0 Å². The van der Waals surface area contributed by atoms with Gasteiger partial charge in [0.05, 0.1) is 12.1 Å². The summed E-state index contributed by atoms with van der Waals surface area (Å²) in [6, 6.07) is 7.47. The maximum Gasteiger partial charge on any atom is 0.242 e. The van der Waals surface area contributed by atoms with E-state index in [1.807, 2.05) is 24.3 Å². The van der Waals surface area contributed by atoms with Crippen LogP contribution in [0.5, 0.6) is 0 Å². The number of hydrogen-bond acceptors (Lipinski definition) is 4. The Morgan fingerprint density at radius 1 is 1.59 bits per heavy atom. The van der Waals surface area contributed by atoms with Crippen LogP contribution in [0, 0.1) is 4.77 Å². The molecule has 1 amide bonds. The van der Waals surface area contributed by atoms with Crippen LogP contribution in [0.25, 0.3) is 5.69 Å². The standard InChI is InChI=1S/C10H11N5OS/c1-11-9(16)6-7-3-2-4-8(5-7)15-10(17)12-13-14-15/h2-5H,6H2,1H3,(H,11,16)(H,12,14,17). The molecule has 0 unspecified atom stereocenters. The van der Waals surface area contributed by atoms with Gasteiger partial charge in [0.15, 0.2) is 0 Å². The molecule has 2 rings (SSSR count). The Morgan fingerprint density at radius 3 is 3.06 bits per heavy atom. The quantitative estimate of drug-likeness (QED) is 0.782.